The number of halogens is 1. The molecule has 86 valence electrons. The molecule has 0 fully saturated rings. The molecule has 0 bridgehead atoms. The molecule has 0 heterocycles. The van der Waals surface area contributed by atoms with Gasteiger partial charge in [0.05, 0.1) is 0 Å². The molecule has 1 unspecified atom stereocenters. The van der Waals surface area contributed by atoms with Crippen LogP contribution in [0.5, 0.6) is 0 Å². The third kappa shape index (κ3) is 10.4. The van der Waals surface area contributed by atoms with Crippen molar-refractivity contribution in [3.05, 3.63) is 0 Å². The number of rotatable bonds is 10. The normalized spacial score (nSPS) is 13.1. The molecular weight excluding hydrogens is 192 g/mol. The fourth-order valence-electron chi connectivity index (χ4n) is 1.78. The lowest BCUT2D eigenvalue weighted by molar-refractivity contribution is 0.472. The molecule has 0 aromatic rings. The number of hydrogen-bond donors (Lipinski definition) is 0. The van der Waals surface area contributed by atoms with E-state index in [0.717, 1.165) is 11.8 Å². The first-order valence-electron chi connectivity index (χ1n) is 6.37. The third-order valence-corrected chi connectivity index (χ3v) is 3.12. The molecule has 14 heavy (non-hydrogen) atoms. The monoisotopic (exact) mass is 218 g/mol. The molecule has 0 saturated heterocycles. The van der Waals surface area contributed by atoms with E-state index < -0.39 is 0 Å². The standard InChI is InChI=1S/C13H27Cl/c1-3-4-5-6-7-8-9-10-13(2)11-12-14/h13H,3-12H2,1-2H3. The van der Waals surface area contributed by atoms with Gasteiger partial charge in [0.2, 0.25) is 0 Å². The van der Waals surface area contributed by atoms with Crippen molar-refractivity contribution in [1.29, 1.82) is 0 Å². The van der Waals surface area contributed by atoms with Crippen LogP contribution < -0.4 is 0 Å². The highest BCUT2D eigenvalue weighted by molar-refractivity contribution is 6.17. The third-order valence-electron chi connectivity index (χ3n) is 2.90. The van der Waals surface area contributed by atoms with E-state index in [1.807, 2.05) is 0 Å². The average molecular weight is 219 g/mol. The summed E-state index contributed by atoms with van der Waals surface area (Å²) in [7, 11) is 0. The Morgan fingerprint density at radius 3 is 2.00 bits per heavy atom. The first-order chi connectivity index (χ1) is 6.81. The summed E-state index contributed by atoms with van der Waals surface area (Å²) in [5.74, 6) is 1.67. The highest BCUT2D eigenvalue weighted by atomic mass is 35.5. The van der Waals surface area contributed by atoms with Crippen molar-refractivity contribution in [2.75, 3.05) is 5.88 Å². The van der Waals surface area contributed by atoms with Gasteiger partial charge in [-0.25, -0.2) is 0 Å². The first kappa shape index (κ1) is 14.3. The van der Waals surface area contributed by atoms with Crippen molar-refractivity contribution >= 4 is 11.6 Å². The molecule has 0 radical (unpaired) electrons. The second kappa shape index (κ2) is 11.4. The quantitative estimate of drug-likeness (QED) is 0.341. The zero-order chi connectivity index (χ0) is 10.6. The molecule has 0 spiro atoms. The predicted octanol–water partition coefficient (Wildman–Crippen LogP) is 5.39. The molecule has 0 aliphatic heterocycles. The smallest absolute Gasteiger partial charge is 0.0225 e. The molecule has 0 N–H and O–H groups in total. The van der Waals surface area contributed by atoms with Gasteiger partial charge in [-0.2, -0.15) is 0 Å². The molecule has 0 saturated carbocycles. The predicted molar refractivity (Wildman–Crippen MR) is 67.1 cm³/mol. The van der Waals surface area contributed by atoms with Crippen LogP contribution in [0.25, 0.3) is 0 Å². The molecule has 0 aliphatic carbocycles. The second-order valence-corrected chi connectivity index (χ2v) is 4.87. The summed E-state index contributed by atoms with van der Waals surface area (Å²) >= 11 is 5.69. The fraction of sp³-hybridized carbons (Fsp3) is 1.00. The minimum atomic E-state index is 0.831. The highest BCUT2D eigenvalue weighted by Gasteiger charge is 2.00. The Kier molecular flexibility index (Phi) is 11.6. The van der Waals surface area contributed by atoms with E-state index >= 15 is 0 Å². The van der Waals surface area contributed by atoms with E-state index in [1.165, 1.54) is 57.8 Å². The van der Waals surface area contributed by atoms with Gasteiger partial charge in [0.25, 0.3) is 0 Å². The SMILES string of the molecule is CCCCCCCCCC(C)CCCl. The minimum Gasteiger partial charge on any atom is -0.127 e. The Balaban J connectivity index is 2.98. The zero-order valence-corrected chi connectivity index (χ0v) is 10.8. The largest absolute Gasteiger partial charge is 0.127 e. The summed E-state index contributed by atoms with van der Waals surface area (Å²) in [5.41, 5.74) is 0. The van der Waals surface area contributed by atoms with E-state index in [4.69, 9.17) is 11.6 Å². The van der Waals surface area contributed by atoms with Gasteiger partial charge in [-0.15, -0.1) is 11.6 Å². The van der Waals surface area contributed by atoms with Crippen molar-refractivity contribution in [2.45, 2.75) is 71.6 Å². The van der Waals surface area contributed by atoms with Crippen LogP contribution in [0, 0.1) is 5.92 Å². The van der Waals surface area contributed by atoms with E-state index in [2.05, 4.69) is 13.8 Å². The number of unbranched alkanes of at least 4 members (excludes halogenated alkanes) is 6. The lowest BCUT2D eigenvalue weighted by atomic mass is 10.00. The van der Waals surface area contributed by atoms with E-state index in [1.54, 1.807) is 0 Å². The summed E-state index contributed by atoms with van der Waals surface area (Å²) in [6.07, 6.45) is 12.5. The van der Waals surface area contributed by atoms with Crippen molar-refractivity contribution in [2.24, 2.45) is 5.92 Å². The summed E-state index contributed by atoms with van der Waals surface area (Å²) in [5, 5.41) is 0. The number of alkyl halides is 1. The van der Waals surface area contributed by atoms with E-state index in [9.17, 15) is 0 Å². The fourth-order valence-corrected chi connectivity index (χ4v) is 2.15. The Bertz CT molecular complexity index is 101. The van der Waals surface area contributed by atoms with Gasteiger partial charge in [-0.05, 0) is 12.3 Å². The molecule has 0 rings (SSSR count). The maximum atomic E-state index is 5.69. The lowest BCUT2D eigenvalue weighted by Gasteiger charge is -2.08. The molecule has 1 atom stereocenters. The van der Waals surface area contributed by atoms with Crippen molar-refractivity contribution < 1.29 is 0 Å². The van der Waals surface area contributed by atoms with Crippen LogP contribution >= 0.6 is 11.6 Å². The van der Waals surface area contributed by atoms with Gasteiger partial charge in [-0.1, -0.05) is 65.2 Å². The maximum absolute atomic E-state index is 5.69. The first-order valence-corrected chi connectivity index (χ1v) is 6.90. The van der Waals surface area contributed by atoms with E-state index in [-0.39, 0.29) is 0 Å². The molecular formula is C13H27Cl. The molecule has 0 nitrogen and oxygen atoms in total. The number of hydrogen-bond acceptors (Lipinski definition) is 0. The minimum absolute atomic E-state index is 0.831. The van der Waals surface area contributed by atoms with Crippen LogP contribution in [0.15, 0.2) is 0 Å². The summed E-state index contributed by atoms with van der Waals surface area (Å²) in [4.78, 5) is 0. The van der Waals surface area contributed by atoms with Crippen LogP contribution in [-0.4, -0.2) is 5.88 Å². The Labute approximate surface area is 95.4 Å². The molecule has 1 heteroatoms. The molecule has 0 amide bonds. The van der Waals surface area contributed by atoms with Crippen LogP contribution in [0.2, 0.25) is 0 Å². The topological polar surface area (TPSA) is 0 Å². The van der Waals surface area contributed by atoms with Gasteiger partial charge in [0.1, 0.15) is 0 Å². The van der Waals surface area contributed by atoms with Crippen molar-refractivity contribution in [1.82, 2.24) is 0 Å². The average Bonchev–Trinajstić information content (AvgIpc) is 2.17. The van der Waals surface area contributed by atoms with Crippen LogP contribution in [0.3, 0.4) is 0 Å². The highest BCUT2D eigenvalue weighted by Crippen LogP contribution is 2.15. The Morgan fingerprint density at radius 2 is 1.43 bits per heavy atom. The zero-order valence-electron chi connectivity index (χ0n) is 10.0. The van der Waals surface area contributed by atoms with Crippen LogP contribution in [0.1, 0.15) is 71.6 Å². The summed E-state index contributed by atoms with van der Waals surface area (Å²) < 4.78 is 0. The lowest BCUT2D eigenvalue weighted by Crippen LogP contribution is -1.95. The van der Waals surface area contributed by atoms with Crippen molar-refractivity contribution in [3.8, 4) is 0 Å². The van der Waals surface area contributed by atoms with Gasteiger partial charge in [-0.3, -0.25) is 0 Å². The van der Waals surface area contributed by atoms with Crippen molar-refractivity contribution in [3.63, 3.8) is 0 Å². The second-order valence-electron chi connectivity index (χ2n) is 4.49. The van der Waals surface area contributed by atoms with Crippen LogP contribution in [0.4, 0.5) is 0 Å². The molecule has 0 aromatic carbocycles. The summed E-state index contributed by atoms with van der Waals surface area (Å²) in [6, 6.07) is 0. The van der Waals surface area contributed by atoms with Gasteiger partial charge in [0.15, 0.2) is 0 Å². The van der Waals surface area contributed by atoms with E-state index in [0.29, 0.717) is 0 Å². The molecule has 0 aliphatic rings. The van der Waals surface area contributed by atoms with Gasteiger partial charge in [0, 0.05) is 5.88 Å². The Morgan fingerprint density at radius 1 is 0.857 bits per heavy atom. The van der Waals surface area contributed by atoms with Crippen LogP contribution in [-0.2, 0) is 0 Å². The summed E-state index contributed by atoms with van der Waals surface area (Å²) in [6.45, 7) is 4.59. The van der Waals surface area contributed by atoms with Gasteiger partial charge < -0.3 is 0 Å². The Hall–Kier alpha value is 0.290. The molecule has 0 aromatic heterocycles. The van der Waals surface area contributed by atoms with Gasteiger partial charge >= 0.3 is 0 Å². The maximum Gasteiger partial charge on any atom is 0.0225 e.